The Morgan fingerprint density at radius 2 is 2.15 bits per heavy atom. The van der Waals surface area contributed by atoms with Gasteiger partial charge in [0.15, 0.2) is 0 Å². The predicted octanol–water partition coefficient (Wildman–Crippen LogP) is 1.84. The average molecular weight is 331 g/mol. The maximum Gasteiger partial charge on any atom is 0.243 e. The normalized spacial score (nSPS) is 24.5. The second kappa shape index (κ2) is 6.01. The van der Waals surface area contributed by atoms with Crippen molar-refractivity contribution in [3.63, 3.8) is 0 Å². The highest BCUT2D eigenvalue weighted by Gasteiger charge is 2.34. The van der Waals surface area contributed by atoms with E-state index in [1.165, 1.54) is 0 Å². The zero-order chi connectivity index (χ0) is 14.9. The molecule has 1 aromatic carbocycles. The predicted molar refractivity (Wildman–Crippen MR) is 87.6 cm³/mol. The van der Waals surface area contributed by atoms with Gasteiger partial charge in [0.05, 0.1) is 4.90 Å². The first-order valence-corrected chi connectivity index (χ1v) is 9.27. The van der Waals surface area contributed by atoms with E-state index in [0.717, 1.165) is 5.75 Å². The summed E-state index contributed by atoms with van der Waals surface area (Å²) in [5.41, 5.74) is 6.15. The lowest BCUT2D eigenvalue weighted by Gasteiger charge is -2.36. The molecule has 1 fully saturated rings. The van der Waals surface area contributed by atoms with E-state index in [4.69, 9.17) is 18.0 Å². The summed E-state index contributed by atoms with van der Waals surface area (Å²) in [7, 11) is -3.50. The number of benzene rings is 1. The highest BCUT2D eigenvalue weighted by atomic mass is 32.2. The van der Waals surface area contributed by atoms with Crippen LogP contribution in [0.4, 0.5) is 0 Å². The third kappa shape index (κ3) is 3.00. The first-order valence-electron chi connectivity index (χ1n) is 6.37. The number of sulfonamides is 1. The summed E-state index contributed by atoms with van der Waals surface area (Å²) >= 11 is 6.71. The second-order valence-electron chi connectivity index (χ2n) is 4.82. The lowest BCUT2D eigenvalue weighted by atomic mass is 10.2. The zero-order valence-electron chi connectivity index (χ0n) is 11.4. The second-order valence-corrected chi connectivity index (χ2v) is 8.64. The third-order valence-electron chi connectivity index (χ3n) is 3.55. The Bertz CT molecular complexity index is 616. The van der Waals surface area contributed by atoms with E-state index in [1.54, 1.807) is 40.3 Å². The summed E-state index contributed by atoms with van der Waals surface area (Å²) in [5.74, 6) is 0.819. The van der Waals surface area contributed by atoms with Crippen molar-refractivity contribution in [2.24, 2.45) is 5.73 Å². The fourth-order valence-corrected chi connectivity index (χ4v) is 5.36. The van der Waals surface area contributed by atoms with Crippen molar-refractivity contribution in [1.29, 1.82) is 0 Å². The van der Waals surface area contributed by atoms with Crippen molar-refractivity contribution in [3.05, 3.63) is 29.8 Å². The van der Waals surface area contributed by atoms with Crippen molar-refractivity contribution in [3.8, 4) is 0 Å². The van der Waals surface area contributed by atoms with Crippen LogP contribution in [0.3, 0.4) is 0 Å². The zero-order valence-corrected chi connectivity index (χ0v) is 13.9. The van der Waals surface area contributed by atoms with Gasteiger partial charge in [-0.15, -0.1) is 0 Å². The number of hydrogen-bond acceptors (Lipinski definition) is 4. The molecular formula is C13H18N2O2S3. The monoisotopic (exact) mass is 330 g/mol. The van der Waals surface area contributed by atoms with Gasteiger partial charge in [-0.25, -0.2) is 8.42 Å². The van der Waals surface area contributed by atoms with E-state index in [9.17, 15) is 8.42 Å². The fraction of sp³-hybridized carbons (Fsp3) is 0.462. The number of thiocarbonyl (C=S) groups is 1. The molecule has 110 valence electrons. The lowest BCUT2D eigenvalue weighted by Crippen LogP contribution is -2.47. The Morgan fingerprint density at radius 1 is 1.45 bits per heavy atom. The largest absolute Gasteiger partial charge is 0.389 e. The van der Waals surface area contributed by atoms with Crippen LogP contribution in [0.5, 0.6) is 0 Å². The van der Waals surface area contributed by atoms with Gasteiger partial charge in [0.1, 0.15) is 4.99 Å². The number of nitrogens with two attached hydrogens (primary N) is 1. The Balaban J connectivity index is 2.39. The van der Waals surface area contributed by atoms with E-state index in [-0.39, 0.29) is 21.2 Å². The van der Waals surface area contributed by atoms with Crippen molar-refractivity contribution in [1.82, 2.24) is 4.31 Å². The lowest BCUT2D eigenvalue weighted by molar-refractivity contribution is 0.340. The number of rotatable bonds is 3. The van der Waals surface area contributed by atoms with Gasteiger partial charge in [0, 0.05) is 29.2 Å². The fourth-order valence-electron chi connectivity index (χ4n) is 2.19. The molecule has 2 unspecified atom stereocenters. The minimum atomic E-state index is -3.50. The number of nitrogens with zero attached hydrogens (tertiary/aromatic N) is 1. The van der Waals surface area contributed by atoms with Crippen LogP contribution < -0.4 is 5.73 Å². The van der Waals surface area contributed by atoms with E-state index >= 15 is 0 Å². The van der Waals surface area contributed by atoms with Crippen LogP contribution in [-0.4, -0.2) is 41.3 Å². The van der Waals surface area contributed by atoms with Gasteiger partial charge < -0.3 is 5.73 Å². The highest BCUT2D eigenvalue weighted by Crippen LogP contribution is 2.29. The first-order chi connectivity index (χ1) is 9.34. The van der Waals surface area contributed by atoms with Crippen molar-refractivity contribution in [2.45, 2.75) is 30.0 Å². The van der Waals surface area contributed by atoms with E-state index in [0.29, 0.717) is 12.1 Å². The highest BCUT2D eigenvalue weighted by molar-refractivity contribution is 8.00. The molecule has 0 aliphatic carbocycles. The molecule has 0 amide bonds. The van der Waals surface area contributed by atoms with Gasteiger partial charge in [0.2, 0.25) is 10.0 Å². The van der Waals surface area contributed by atoms with Gasteiger partial charge in [0.25, 0.3) is 0 Å². The Morgan fingerprint density at radius 3 is 2.80 bits per heavy atom. The molecule has 0 saturated carbocycles. The van der Waals surface area contributed by atoms with Crippen molar-refractivity contribution >= 4 is 39.0 Å². The number of thioether (sulfide) groups is 1. The van der Waals surface area contributed by atoms with E-state index < -0.39 is 10.0 Å². The minimum absolute atomic E-state index is 0.0211. The van der Waals surface area contributed by atoms with Gasteiger partial charge >= 0.3 is 0 Å². The molecule has 0 spiro atoms. The SMILES string of the molecule is CC1SCCN(S(=O)(=O)c2cccc(C(N)=S)c2)C1C. The topological polar surface area (TPSA) is 63.4 Å². The molecule has 1 aliphatic heterocycles. The molecule has 7 heteroatoms. The van der Waals surface area contributed by atoms with Gasteiger partial charge in [-0.2, -0.15) is 16.1 Å². The van der Waals surface area contributed by atoms with Crippen LogP contribution in [0.15, 0.2) is 29.2 Å². The Labute approximate surface area is 129 Å². The molecule has 0 aromatic heterocycles. The van der Waals surface area contributed by atoms with Gasteiger partial charge in [-0.1, -0.05) is 31.3 Å². The van der Waals surface area contributed by atoms with Crippen LogP contribution >= 0.6 is 24.0 Å². The van der Waals surface area contributed by atoms with Gasteiger partial charge in [-0.05, 0) is 19.1 Å². The smallest absolute Gasteiger partial charge is 0.243 e. The molecule has 2 atom stereocenters. The quantitative estimate of drug-likeness (QED) is 0.857. The molecule has 2 rings (SSSR count). The first kappa shape index (κ1) is 15.8. The maximum absolute atomic E-state index is 12.8. The molecule has 1 aromatic rings. The summed E-state index contributed by atoms with van der Waals surface area (Å²) in [4.78, 5) is 0.464. The summed E-state index contributed by atoms with van der Waals surface area (Å²) in [6, 6.07) is 6.52. The van der Waals surface area contributed by atoms with Gasteiger partial charge in [-0.3, -0.25) is 0 Å². The Hall–Kier alpha value is -0.630. The molecule has 20 heavy (non-hydrogen) atoms. The van der Waals surface area contributed by atoms with E-state index in [2.05, 4.69) is 6.92 Å². The van der Waals surface area contributed by atoms with Crippen LogP contribution in [0.25, 0.3) is 0 Å². The molecule has 0 bridgehead atoms. The van der Waals surface area contributed by atoms with Crippen LogP contribution in [-0.2, 0) is 10.0 Å². The van der Waals surface area contributed by atoms with Crippen LogP contribution in [0, 0.1) is 0 Å². The number of hydrogen-bond donors (Lipinski definition) is 1. The molecular weight excluding hydrogens is 312 g/mol. The molecule has 2 N–H and O–H groups in total. The minimum Gasteiger partial charge on any atom is -0.389 e. The van der Waals surface area contributed by atoms with Crippen LogP contribution in [0.1, 0.15) is 19.4 Å². The van der Waals surface area contributed by atoms with Crippen molar-refractivity contribution in [2.75, 3.05) is 12.3 Å². The van der Waals surface area contributed by atoms with E-state index in [1.807, 2.05) is 6.92 Å². The summed E-state index contributed by atoms with van der Waals surface area (Å²) in [6.07, 6.45) is 0. The molecule has 0 radical (unpaired) electrons. The average Bonchev–Trinajstić information content (AvgIpc) is 2.41. The standard InChI is InChI=1S/C13H18N2O2S3/c1-9-10(2)19-7-6-15(9)20(16,17)12-5-3-4-11(8-12)13(14)18/h3-5,8-10H,6-7H2,1-2H3,(H2,14,18). The molecule has 1 saturated heterocycles. The summed E-state index contributed by atoms with van der Waals surface area (Å²) in [6.45, 7) is 4.55. The third-order valence-corrected chi connectivity index (χ3v) is 7.11. The molecule has 1 heterocycles. The van der Waals surface area contributed by atoms with Crippen molar-refractivity contribution < 1.29 is 8.42 Å². The summed E-state index contributed by atoms with van der Waals surface area (Å²) in [5, 5.41) is 0.289. The Kier molecular flexibility index (Phi) is 4.73. The molecule has 1 aliphatic rings. The van der Waals surface area contributed by atoms with Crippen LogP contribution in [0.2, 0.25) is 0 Å². The summed E-state index contributed by atoms with van der Waals surface area (Å²) < 4.78 is 27.1. The molecule has 4 nitrogen and oxygen atoms in total. The maximum atomic E-state index is 12.8.